The number of benzene rings is 1. The van der Waals surface area contributed by atoms with E-state index in [9.17, 15) is 0 Å². The Bertz CT molecular complexity index is 488. The highest BCUT2D eigenvalue weighted by atomic mass is 15.4. The zero-order valence-corrected chi connectivity index (χ0v) is 11.0. The number of hydrogen-bond donors (Lipinski definition) is 1. The van der Waals surface area contributed by atoms with E-state index >= 15 is 0 Å². The summed E-state index contributed by atoms with van der Waals surface area (Å²) in [6.07, 6.45) is 0.965. The monoisotopic (exact) mass is 244 g/mol. The second kappa shape index (κ2) is 5.78. The normalized spacial score (nSPS) is 11.1. The van der Waals surface area contributed by atoms with Crippen molar-refractivity contribution in [3.63, 3.8) is 0 Å². The molecule has 0 saturated heterocycles. The van der Waals surface area contributed by atoms with Crippen LogP contribution in [0.3, 0.4) is 0 Å². The van der Waals surface area contributed by atoms with Crippen LogP contribution in [0.4, 0.5) is 0 Å². The molecule has 0 radical (unpaired) electrons. The molecule has 1 aromatic carbocycles. The highest BCUT2D eigenvalue weighted by Crippen LogP contribution is 2.13. The van der Waals surface area contributed by atoms with Crippen LogP contribution >= 0.6 is 0 Å². The molecule has 0 unspecified atom stereocenters. The first-order valence-electron chi connectivity index (χ1n) is 6.36. The summed E-state index contributed by atoms with van der Waals surface area (Å²) < 4.78 is 1.97. The van der Waals surface area contributed by atoms with Crippen LogP contribution in [0.15, 0.2) is 30.3 Å². The molecule has 4 nitrogen and oxygen atoms in total. The standard InChI is InChI=1S/C14H20N4/c1-11(2)8-14-13(9-15)16-17-18(14)10-12-6-4-3-5-7-12/h3-7,11H,8-10,15H2,1-2H3. The Hall–Kier alpha value is -1.68. The van der Waals surface area contributed by atoms with Crippen molar-refractivity contribution < 1.29 is 0 Å². The number of nitrogens with two attached hydrogens (primary N) is 1. The van der Waals surface area contributed by atoms with Gasteiger partial charge in [0.25, 0.3) is 0 Å². The maximum Gasteiger partial charge on any atom is 0.0994 e. The fourth-order valence-corrected chi connectivity index (χ4v) is 2.02. The fraction of sp³-hybridized carbons (Fsp3) is 0.429. The molecule has 0 saturated carbocycles. The molecular formula is C14H20N4. The summed E-state index contributed by atoms with van der Waals surface area (Å²) in [5.74, 6) is 0.573. The molecular weight excluding hydrogens is 224 g/mol. The molecule has 0 aliphatic rings. The fourth-order valence-electron chi connectivity index (χ4n) is 2.02. The van der Waals surface area contributed by atoms with Gasteiger partial charge in [-0.1, -0.05) is 49.4 Å². The first kappa shape index (κ1) is 12.8. The van der Waals surface area contributed by atoms with Crippen molar-refractivity contribution in [2.24, 2.45) is 11.7 Å². The lowest BCUT2D eigenvalue weighted by molar-refractivity contribution is 0.563. The summed E-state index contributed by atoms with van der Waals surface area (Å²) in [6, 6.07) is 10.3. The molecule has 0 amide bonds. The van der Waals surface area contributed by atoms with Crippen molar-refractivity contribution in [1.29, 1.82) is 0 Å². The van der Waals surface area contributed by atoms with Crippen molar-refractivity contribution in [2.75, 3.05) is 0 Å². The minimum Gasteiger partial charge on any atom is -0.325 e. The molecule has 1 heterocycles. The van der Waals surface area contributed by atoms with E-state index in [1.54, 1.807) is 0 Å². The van der Waals surface area contributed by atoms with E-state index in [0.717, 1.165) is 24.4 Å². The van der Waals surface area contributed by atoms with Crippen molar-refractivity contribution in [3.8, 4) is 0 Å². The van der Waals surface area contributed by atoms with Crippen molar-refractivity contribution >= 4 is 0 Å². The number of rotatable bonds is 5. The Kier molecular flexibility index (Phi) is 4.10. The van der Waals surface area contributed by atoms with Crippen LogP contribution in [0.5, 0.6) is 0 Å². The largest absolute Gasteiger partial charge is 0.325 e. The van der Waals surface area contributed by atoms with Gasteiger partial charge < -0.3 is 5.73 Å². The SMILES string of the molecule is CC(C)Cc1c(CN)nnn1Cc1ccccc1. The van der Waals surface area contributed by atoms with E-state index in [2.05, 4.69) is 36.3 Å². The van der Waals surface area contributed by atoms with Gasteiger partial charge in [0.2, 0.25) is 0 Å². The first-order valence-corrected chi connectivity index (χ1v) is 6.36. The minimum absolute atomic E-state index is 0.455. The third-order valence-corrected chi connectivity index (χ3v) is 2.89. The molecule has 0 aliphatic carbocycles. The smallest absolute Gasteiger partial charge is 0.0994 e. The van der Waals surface area contributed by atoms with Crippen molar-refractivity contribution in [3.05, 3.63) is 47.3 Å². The van der Waals surface area contributed by atoms with E-state index in [0.29, 0.717) is 12.5 Å². The molecule has 2 rings (SSSR count). The average Bonchev–Trinajstić information content (AvgIpc) is 2.72. The minimum atomic E-state index is 0.455. The molecule has 2 N–H and O–H groups in total. The van der Waals surface area contributed by atoms with Gasteiger partial charge in [-0.05, 0) is 17.9 Å². The third-order valence-electron chi connectivity index (χ3n) is 2.89. The highest BCUT2D eigenvalue weighted by Gasteiger charge is 2.13. The molecule has 18 heavy (non-hydrogen) atoms. The summed E-state index contributed by atoms with van der Waals surface area (Å²) in [7, 11) is 0. The van der Waals surface area contributed by atoms with Crippen LogP contribution < -0.4 is 5.73 Å². The Morgan fingerprint density at radius 3 is 2.56 bits per heavy atom. The lowest BCUT2D eigenvalue weighted by Gasteiger charge is -2.09. The molecule has 0 bridgehead atoms. The van der Waals surface area contributed by atoms with E-state index in [1.807, 2.05) is 22.9 Å². The van der Waals surface area contributed by atoms with E-state index in [4.69, 9.17) is 5.73 Å². The summed E-state index contributed by atoms with van der Waals surface area (Å²) in [5, 5.41) is 8.39. The second-order valence-corrected chi connectivity index (χ2v) is 4.93. The molecule has 0 fully saturated rings. The summed E-state index contributed by atoms with van der Waals surface area (Å²) in [4.78, 5) is 0. The zero-order valence-electron chi connectivity index (χ0n) is 11.0. The molecule has 0 spiro atoms. The van der Waals surface area contributed by atoms with E-state index in [-0.39, 0.29) is 0 Å². The predicted molar refractivity (Wildman–Crippen MR) is 72.0 cm³/mol. The molecule has 0 aliphatic heterocycles. The summed E-state index contributed by atoms with van der Waals surface area (Å²) >= 11 is 0. The molecule has 2 aromatic rings. The maximum absolute atomic E-state index is 5.72. The van der Waals surface area contributed by atoms with Gasteiger partial charge in [0, 0.05) is 6.54 Å². The number of aromatic nitrogens is 3. The number of hydrogen-bond acceptors (Lipinski definition) is 3. The van der Waals surface area contributed by atoms with Crippen LogP contribution in [-0.4, -0.2) is 15.0 Å². The predicted octanol–water partition coefficient (Wildman–Crippen LogP) is 1.98. The Labute approximate surface area is 108 Å². The van der Waals surface area contributed by atoms with Gasteiger partial charge in [0.15, 0.2) is 0 Å². The van der Waals surface area contributed by atoms with Gasteiger partial charge in [-0.2, -0.15) is 0 Å². The van der Waals surface area contributed by atoms with Crippen LogP contribution in [0.1, 0.15) is 30.8 Å². The number of nitrogens with zero attached hydrogens (tertiary/aromatic N) is 3. The topological polar surface area (TPSA) is 56.7 Å². The molecule has 1 aromatic heterocycles. The van der Waals surface area contributed by atoms with Crippen molar-refractivity contribution in [2.45, 2.75) is 33.4 Å². The molecule has 0 atom stereocenters. The van der Waals surface area contributed by atoms with E-state index in [1.165, 1.54) is 5.56 Å². The molecule has 4 heteroatoms. The zero-order chi connectivity index (χ0) is 13.0. The molecule has 96 valence electrons. The lowest BCUT2D eigenvalue weighted by Crippen LogP contribution is -2.11. The average molecular weight is 244 g/mol. The van der Waals surface area contributed by atoms with Crippen LogP contribution in [0.25, 0.3) is 0 Å². The van der Waals surface area contributed by atoms with Crippen LogP contribution in [0.2, 0.25) is 0 Å². The van der Waals surface area contributed by atoms with Gasteiger partial charge in [0.1, 0.15) is 0 Å². The second-order valence-electron chi connectivity index (χ2n) is 4.93. The maximum atomic E-state index is 5.72. The van der Waals surface area contributed by atoms with Crippen LogP contribution in [0, 0.1) is 5.92 Å². The van der Waals surface area contributed by atoms with Gasteiger partial charge >= 0.3 is 0 Å². The Balaban J connectivity index is 2.24. The summed E-state index contributed by atoms with van der Waals surface area (Å²) in [5.41, 5.74) is 9.03. The summed E-state index contributed by atoms with van der Waals surface area (Å²) in [6.45, 7) is 5.60. The Morgan fingerprint density at radius 2 is 1.94 bits per heavy atom. The van der Waals surface area contributed by atoms with E-state index < -0.39 is 0 Å². The van der Waals surface area contributed by atoms with Crippen molar-refractivity contribution in [1.82, 2.24) is 15.0 Å². The third kappa shape index (κ3) is 2.96. The Morgan fingerprint density at radius 1 is 1.22 bits per heavy atom. The van der Waals surface area contributed by atoms with Gasteiger partial charge in [0.05, 0.1) is 17.9 Å². The van der Waals surface area contributed by atoms with Gasteiger partial charge in [-0.15, -0.1) is 5.10 Å². The quantitative estimate of drug-likeness (QED) is 0.875. The van der Waals surface area contributed by atoms with Gasteiger partial charge in [-0.3, -0.25) is 0 Å². The highest BCUT2D eigenvalue weighted by molar-refractivity contribution is 5.17. The van der Waals surface area contributed by atoms with Gasteiger partial charge in [-0.25, -0.2) is 4.68 Å². The van der Waals surface area contributed by atoms with Crippen LogP contribution in [-0.2, 0) is 19.5 Å². The first-order chi connectivity index (χ1) is 8.70. The lowest BCUT2D eigenvalue weighted by atomic mass is 10.1.